The summed E-state index contributed by atoms with van der Waals surface area (Å²) in [6, 6.07) is 13.4. The topological polar surface area (TPSA) is 21.3 Å². The maximum absolute atomic E-state index is 5.88. The quantitative estimate of drug-likeness (QED) is 0.677. The Kier molecular flexibility index (Phi) is 5.55. The summed E-state index contributed by atoms with van der Waals surface area (Å²) in [5.74, 6) is 0.861. The first-order valence-corrected chi connectivity index (χ1v) is 7.69. The first kappa shape index (κ1) is 14.7. The molecule has 0 amide bonds. The van der Waals surface area contributed by atoms with Crippen molar-refractivity contribution in [2.75, 3.05) is 18.5 Å². The van der Waals surface area contributed by atoms with Crippen LogP contribution in [0.3, 0.4) is 0 Å². The first-order valence-electron chi connectivity index (χ1n) is 5.72. The molecule has 0 saturated carbocycles. The largest absolute Gasteiger partial charge is 0.492 e. The summed E-state index contributed by atoms with van der Waals surface area (Å²) in [6.45, 7) is 1.31. The molecule has 2 aromatic carbocycles. The van der Waals surface area contributed by atoms with Gasteiger partial charge in [0.25, 0.3) is 0 Å². The van der Waals surface area contributed by atoms with E-state index in [1.807, 2.05) is 42.5 Å². The predicted molar refractivity (Wildman–Crippen MR) is 87.3 cm³/mol. The van der Waals surface area contributed by atoms with Gasteiger partial charge in [0, 0.05) is 26.2 Å². The number of hydrogen-bond acceptors (Lipinski definition) is 2. The summed E-state index contributed by atoms with van der Waals surface area (Å²) in [4.78, 5) is 0. The minimum absolute atomic E-state index is 0.594. The molecule has 0 aliphatic rings. The van der Waals surface area contributed by atoms with Gasteiger partial charge in [0.1, 0.15) is 12.4 Å². The molecule has 1 N–H and O–H groups in total. The summed E-state index contributed by atoms with van der Waals surface area (Å²) in [6.07, 6.45) is 0. The molecule has 0 aliphatic carbocycles. The highest BCUT2D eigenvalue weighted by Gasteiger charge is 2.00. The molecule has 0 atom stereocenters. The lowest BCUT2D eigenvalue weighted by molar-refractivity contribution is 0.333. The van der Waals surface area contributed by atoms with Gasteiger partial charge in [-0.2, -0.15) is 0 Å². The van der Waals surface area contributed by atoms with E-state index in [1.165, 1.54) is 0 Å². The molecule has 0 heterocycles. The average Bonchev–Trinajstić information content (AvgIpc) is 2.39. The Balaban J connectivity index is 1.79. The Bertz CT molecular complexity index is 546. The number of anilines is 1. The minimum atomic E-state index is 0.594. The van der Waals surface area contributed by atoms with E-state index in [0.717, 1.165) is 26.9 Å². The van der Waals surface area contributed by atoms with Gasteiger partial charge in [0.05, 0.1) is 0 Å². The maximum atomic E-state index is 5.88. The zero-order chi connectivity index (χ0) is 13.7. The third-order valence-electron chi connectivity index (χ3n) is 2.43. The maximum Gasteiger partial charge on any atom is 0.119 e. The van der Waals surface area contributed by atoms with E-state index in [2.05, 4.69) is 37.2 Å². The second-order valence-corrected chi connectivity index (χ2v) is 6.06. The normalized spacial score (nSPS) is 10.3. The number of ether oxygens (including phenoxy) is 1. The fourth-order valence-electron chi connectivity index (χ4n) is 1.52. The van der Waals surface area contributed by atoms with Crippen LogP contribution in [0.15, 0.2) is 51.4 Å². The lowest BCUT2D eigenvalue weighted by Gasteiger charge is -2.10. The number of halogens is 3. The van der Waals surface area contributed by atoms with E-state index in [9.17, 15) is 0 Å². The summed E-state index contributed by atoms with van der Waals surface area (Å²) in [5, 5.41) is 3.99. The summed E-state index contributed by atoms with van der Waals surface area (Å²) in [7, 11) is 0. The molecule has 0 fully saturated rings. The number of nitrogens with one attached hydrogen (secondary N) is 1. The number of benzene rings is 2. The fourth-order valence-corrected chi connectivity index (χ4v) is 2.61. The molecule has 0 radical (unpaired) electrons. The Hall–Kier alpha value is -0.710. The summed E-state index contributed by atoms with van der Waals surface area (Å²) in [5.41, 5.74) is 1.00. The van der Waals surface area contributed by atoms with Crippen LogP contribution in [0.4, 0.5) is 5.69 Å². The number of rotatable bonds is 5. The van der Waals surface area contributed by atoms with Crippen molar-refractivity contribution in [2.24, 2.45) is 0 Å². The van der Waals surface area contributed by atoms with Gasteiger partial charge in [-0.05, 0) is 58.4 Å². The standard InChI is InChI=1S/C14H12Br2ClNO/c15-10-1-4-12(5-2-10)19-8-7-18-14-6-3-11(17)9-13(14)16/h1-6,9,18H,7-8H2. The molecule has 0 spiro atoms. The zero-order valence-corrected chi connectivity index (χ0v) is 13.9. The highest BCUT2D eigenvalue weighted by molar-refractivity contribution is 9.10. The van der Waals surface area contributed by atoms with Crippen LogP contribution in [-0.4, -0.2) is 13.2 Å². The minimum Gasteiger partial charge on any atom is -0.492 e. The second kappa shape index (κ2) is 7.17. The monoisotopic (exact) mass is 403 g/mol. The van der Waals surface area contributed by atoms with Crippen molar-refractivity contribution in [1.82, 2.24) is 0 Å². The Labute approximate surface area is 134 Å². The third kappa shape index (κ3) is 4.71. The lowest BCUT2D eigenvalue weighted by Crippen LogP contribution is -2.11. The van der Waals surface area contributed by atoms with Crippen molar-refractivity contribution in [3.8, 4) is 5.75 Å². The molecule has 0 bridgehead atoms. The van der Waals surface area contributed by atoms with Crippen LogP contribution < -0.4 is 10.1 Å². The van der Waals surface area contributed by atoms with Crippen LogP contribution >= 0.6 is 43.5 Å². The molecule has 0 aliphatic heterocycles. The molecule has 100 valence electrons. The smallest absolute Gasteiger partial charge is 0.119 e. The Morgan fingerprint density at radius 3 is 2.47 bits per heavy atom. The first-order chi connectivity index (χ1) is 9.15. The second-order valence-electron chi connectivity index (χ2n) is 3.85. The molecule has 0 aromatic heterocycles. The fraction of sp³-hybridized carbons (Fsp3) is 0.143. The van der Waals surface area contributed by atoms with E-state index in [4.69, 9.17) is 16.3 Å². The van der Waals surface area contributed by atoms with Crippen LogP contribution in [0, 0.1) is 0 Å². The molecule has 2 nitrogen and oxygen atoms in total. The molecular formula is C14H12Br2ClNO. The van der Waals surface area contributed by atoms with Crippen molar-refractivity contribution in [3.63, 3.8) is 0 Å². The van der Waals surface area contributed by atoms with Crippen LogP contribution in [0.1, 0.15) is 0 Å². The van der Waals surface area contributed by atoms with Gasteiger partial charge in [-0.25, -0.2) is 0 Å². The molecular weight excluding hydrogens is 393 g/mol. The summed E-state index contributed by atoms with van der Waals surface area (Å²) < 4.78 is 7.61. The molecule has 5 heteroatoms. The van der Waals surface area contributed by atoms with Gasteiger partial charge < -0.3 is 10.1 Å². The molecule has 2 rings (SSSR count). The Morgan fingerprint density at radius 2 is 1.79 bits per heavy atom. The van der Waals surface area contributed by atoms with Gasteiger partial charge in [0.2, 0.25) is 0 Å². The van der Waals surface area contributed by atoms with Gasteiger partial charge in [0.15, 0.2) is 0 Å². The van der Waals surface area contributed by atoms with E-state index >= 15 is 0 Å². The molecule has 19 heavy (non-hydrogen) atoms. The van der Waals surface area contributed by atoms with Gasteiger partial charge >= 0.3 is 0 Å². The lowest BCUT2D eigenvalue weighted by atomic mass is 10.3. The van der Waals surface area contributed by atoms with Crippen molar-refractivity contribution in [2.45, 2.75) is 0 Å². The van der Waals surface area contributed by atoms with Crippen molar-refractivity contribution >= 4 is 49.1 Å². The van der Waals surface area contributed by atoms with Crippen molar-refractivity contribution in [3.05, 3.63) is 56.4 Å². The van der Waals surface area contributed by atoms with Gasteiger partial charge in [-0.3, -0.25) is 0 Å². The van der Waals surface area contributed by atoms with Crippen LogP contribution in [0.5, 0.6) is 5.75 Å². The highest BCUT2D eigenvalue weighted by atomic mass is 79.9. The SMILES string of the molecule is Clc1ccc(NCCOc2ccc(Br)cc2)c(Br)c1. The van der Waals surface area contributed by atoms with Crippen molar-refractivity contribution in [1.29, 1.82) is 0 Å². The van der Waals surface area contributed by atoms with Gasteiger partial charge in [-0.1, -0.05) is 27.5 Å². The predicted octanol–water partition coefficient (Wildman–Crippen LogP) is 5.36. The average molecular weight is 406 g/mol. The summed E-state index contributed by atoms with van der Waals surface area (Å²) >= 11 is 12.7. The van der Waals surface area contributed by atoms with Gasteiger partial charge in [-0.15, -0.1) is 0 Å². The van der Waals surface area contributed by atoms with E-state index in [0.29, 0.717) is 11.6 Å². The Morgan fingerprint density at radius 1 is 1.05 bits per heavy atom. The van der Waals surface area contributed by atoms with E-state index in [1.54, 1.807) is 0 Å². The number of hydrogen-bond donors (Lipinski definition) is 1. The zero-order valence-electron chi connectivity index (χ0n) is 10.00. The molecule has 0 unspecified atom stereocenters. The van der Waals surface area contributed by atoms with Crippen LogP contribution in [0.25, 0.3) is 0 Å². The third-order valence-corrected chi connectivity index (χ3v) is 3.85. The van der Waals surface area contributed by atoms with Crippen molar-refractivity contribution < 1.29 is 4.74 Å². The molecule has 2 aromatic rings. The molecule has 0 saturated heterocycles. The van der Waals surface area contributed by atoms with Crippen LogP contribution in [0.2, 0.25) is 5.02 Å². The highest BCUT2D eigenvalue weighted by Crippen LogP contribution is 2.25. The van der Waals surface area contributed by atoms with E-state index in [-0.39, 0.29) is 0 Å². The van der Waals surface area contributed by atoms with Crippen LogP contribution in [-0.2, 0) is 0 Å². The van der Waals surface area contributed by atoms with E-state index < -0.39 is 0 Å².